The van der Waals surface area contributed by atoms with Crippen molar-refractivity contribution in [2.24, 2.45) is 34.3 Å². The summed E-state index contributed by atoms with van der Waals surface area (Å²) in [6.07, 6.45) is 38.0. The van der Waals surface area contributed by atoms with Crippen LogP contribution < -0.4 is 5.73 Å². The van der Waals surface area contributed by atoms with Crippen molar-refractivity contribution in [2.45, 2.75) is 191 Å². The fraction of sp³-hybridized carbons (Fsp3) is 0.600. The van der Waals surface area contributed by atoms with Crippen LogP contribution in [0, 0.1) is 28.6 Å². The van der Waals surface area contributed by atoms with E-state index in [1.807, 2.05) is 24.8 Å². The smallest absolute Gasteiger partial charge is 0.0974 e. The molecule has 4 aromatic rings. The van der Waals surface area contributed by atoms with Crippen LogP contribution in [0.4, 0.5) is 0 Å². The lowest BCUT2D eigenvalue weighted by Gasteiger charge is -2.56. The van der Waals surface area contributed by atoms with Crippen LogP contribution in [0.2, 0.25) is 0 Å². The summed E-state index contributed by atoms with van der Waals surface area (Å²) in [5.41, 5.74) is 15.8. The largest absolute Gasteiger partial charge is 0.359 e. The van der Waals surface area contributed by atoms with E-state index in [9.17, 15) is 0 Å². The number of nitrogens with two attached hydrogens (primary N) is 1. The minimum atomic E-state index is -0.0725. The molecule has 2 N–H and O–H groups in total. The molecular weight excluding hydrogens is 883 g/mol. The predicted octanol–water partition coefficient (Wildman–Crippen LogP) is 13.6. The number of hydrogen-bond donors (Lipinski definition) is 1. The van der Waals surface area contributed by atoms with Crippen molar-refractivity contribution >= 4 is 21.5 Å². The molecule has 4 saturated carbocycles. The monoisotopic (exact) mass is 966 g/mol. The molecule has 0 amide bonds. The third kappa shape index (κ3) is 6.71. The molecule has 2 aromatic heterocycles. The molecule has 4 spiro atoms. The van der Waals surface area contributed by atoms with Gasteiger partial charge in [-0.05, 0) is 212 Å². The van der Waals surface area contributed by atoms with Crippen molar-refractivity contribution in [3.63, 3.8) is 0 Å². The van der Waals surface area contributed by atoms with Crippen LogP contribution >= 0.6 is 0 Å². The van der Waals surface area contributed by atoms with Crippen molar-refractivity contribution in [1.29, 1.82) is 0 Å². The zero-order valence-electron chi connectivity index (χ0n) is 42.2. The normalized spacial score (nSPS) is 41.4. The van der Waals surface area contributed by atoms with Crippen molar-refractivity contribution in [2.75, 3.05) is 26.2 Å². The minimum Gasteiger partial charge on any atom is -0.359 e. The molecule has 6 aliphatic carbocycles. The molecule has 12 aliphatic rings. The molecule has 6 aliphatic heterocycles. The predicted molar refractivity (Wildman–Crippen MR) is 293 cm³/mol. The molecule has 380 valence electrons. The Balaban J connectivity index is 0.000000136. The Kier molecular flexibility index (Phi) is 11.1. The number of aromatic nitrogens is 2. The fourth-order valence-corrected chi connectivity index (χ4v) is 19.0. The maximum absolute atomic E-state index is 7.52. The van der Waals surface area contributed by atoms with Crippen LogP contribution in [0.25, 0.3) is 21.5 Å². The quantitative estimate of drug-likeness (QED) is 0.218. The summed E-state index contributed by atoms with van der Waals surface area (Å²) in [7, 11) is 0. The van der Waals surface area contributed by atoms with E-state index in [1.54, 1.807) is 16.7 Å². The van der Waals surface area contributed by atoms with Gasteiger partial charge in [0.05, 0.1) is 22.4 Å². The van der Waals surface area contributed by atoms with E-state index in [2.05, 4.69) is 113 Å². The Morgan fingerprint density at radius 3 is 1.50 bits per heavy atom. The Morgan fingerprint density at radius 2 is 1.04 bits per heavy atom. The van der Waals surface area contributed by atoms with Gasteiger partial charge in [-0.1, -0.05) is 84.2 Å². The van der Waals surface area contributed by atoms with Crippen molar-refractivity contribution in [3.8, 4) is 0 Å². The average Bonchev–Trinajstić information content (AvgIpc) is 4.09. The topological polar surface area (TPSA) is 76.7 Å². The van der Waals surface area contributed by atoms with Crippen LogP contribution in [0.3, 0.4) is 0 Å². The molecule has 8 heterocycles. The van der Waals surface area contributed by atoms with E-state index < -0.39 is 0 Å². The number of allylic oxidation sites excluding steroid dienone is 2. The highest BCUT2D eigenvalue weighted by atomic mass is 16.5. The molecule has 16 rings (SSSR count). The van der Waals surface area contributed by atoms with Gasteiger partial charge in [-0.25, -0.2) is 0 Å². The highest BCUT2D eigenvalue weighted by Crippen LogP contribution is 2.71. The third-order valence-corrected chi connectivity index (χ3v) is 22.5. The molecule has 12 atom stereocenters. The summed E-state index contributed by atoms with van der Waals surface area (Å²) in [5, 5.41) is 5.12. The van der Waals surface area contributed by atoms with Gasteiger partial charge in [0.1, 0.15) is 0 Å². The van der Waals surface area contributed by atoms with Crippen molar-refractivity contribution in [1.82, 2.24) is 19.8 Å². The number of hydrogen-bond acceptors (Lipinski definition) is 7. The van der Waals surface area contributed by atoms with E-state index in [0.29, 0.717) is 35.8 Å². The van der Waals surface area contributed by atoms with Crippen LogP contribution in [0.5, 0.6) is 0 Å². The molecule has 4 bridgehead atoms. The van der Waals surface area contributed by atoms with Crippen molar-refractivity contribution < 1.29 is 9.47 Å². The maximum Gasteiger partial charge on any atom is 0.0974 e. The zero-order valence-corrected chi connectivity index (χ0v) is 42.2. The van der Waals surface area contributed by atoms with Gasteiger partial charge in [-0.15, -0.1) is 0 Å². The number of likely N-dealkylation sites (tertiary alicyclic amines) is 2. The molecule has 8 fully saturated rings. The van der Waals surface area contributed by atoms with Gasteiger partial charge in [0.25, 0.3) is 0 Å². The number of benzene rings is 2. The molecule has 2 aromatic carbocycles. The first-order valence-corrected chi connectivity index (χ1v) is 28.1. The standard InChI is InChI=1S/C32H38N2O.C31H37N3O.2CH4/c1-21-19-34(20-21)27-6-5-25-16-26-9-11-30(2)28(23-4-3-22-10-14-33-18-24(22)15-23)7-8-29(30)32(26)13-12-31(25,17-27)35-32;1-29-10-8-24-15-23-4-5-26(34-18-25(32)19-34)16-30(23)11-12-31(24,35-30)28(29)7-6-27(29)21-3-2-20-9-13-33-17-22(20)14-21;;/h3-4,9-10,14-16,18,21,27-29H,5-8,11-13,17,19-20H2,1-2H3;2-3,8-9,13-15,17,25-28H,4-7,10-12,16,18-19,32H2,1H3;2*1H4/t27-,28-,29-,30-,31?,32-;26-,27-,28-,29-,30?,31-;;/m11../s1. The maximum atomic E-state index is 7.52. The summed E-state index contributed by atoms with van der Waals surface area (Å²) in [6, 6.07) is 20.2. The van der Waals surface area contributed by atoms with Crippen LogP contribution in [-0.4, -0.2) is 86.5 Å². The SMILES string of the molecule is C.C.CC1CN([C@@H]2CCC3=CC4=CC[C@]5(C)[C@@H](c6ccc7ccncc7c6)CC[C@H]5[C@@]45CCC3(C2)O5)C1.C[C@]12CC=C3C=C4CC[C@@H](N5CC(N)C5)CC45CC[C@]3(O5)[C@@H]1CC[C@@H]2c1ccc2ccncc2c1. The Hall–Kier alpha value is -3.98. The Labute approximate surface area is 431 Å². The van der Waals surface area contributed by atoms with Gasteiger partial charge >= 0.3 is 0 Å². The molecule has 72 heavy (non-hydrogen) atoms. The minimum absolute atomic E-state index is 0. The van der Waals surface area contributed by atoms with E-state index in [4.69, 9.17) is 15.2 Å². The van der Waals surface area contributed by atoms with E-state index in [1.165, 1.54) is 154 Å². The average molecular weight is 966 g/mol. The first-order valence-electron chi connectivity index (χ1n) is 28.1. The number of pyridine rings is 2. The summed E-state index contributed by atoms with van der Waals surface area (Å²) < 4.78 is 15.0. The lowest BCUT2D eigenvalue weighted by atomic mass is 9.58. The first kappa shape index (κ1) is 47.7. The van der Waals surface area contributed by atoms with Crippen LogP contribution in [0.15, 0.2) is 120 Å². The first-order chi connectivity index (χ1) is 34.0. The molecule has 7 nitrogen and oxygen atoms in total. The second-order valence-corrected chi connectivity index (χ2v) is 25.9. The fourth-order valence-electron chi connectivity index (χ4n) is 19.0. The third-order valence-electron chi connectivity index (χ3n) is 22.5. The number of rotatable bonds is 4. The van der Waals surface area contributed by atoms with Gasteiger partial charge in [0.2, 0.25) is 0 Å². The van der Waals surface area contributed by atoms with Gasteiger partial charge < -0.3 is 15.2 Å². The Bertz CT molecular complexity index is 2750. The molecule has 2 unspecified atom stereocenters. The molecule has 7 heteroatoms. The van der Waals surface area contributed by atoms with E-state index in [0.717, 1.165) is 25.0 Å². The van der Waals surface area contributed by atoms with Crippen LogP contribution in [0.1, 0.15) is 161 Å². The Morgan fingerprint density at radius 1 is 0.569 bits per heavy atom. The summed E-state index contributed by atoms with van der Waals surface area (Å²) in [6.45, 7) is 12.3. The molecule has 4 saturated heterocycles. The lowest BCUT2D eigenvalue weighted by Crippen LogP contribution is -2.62. The zero-order chi connectivity index (χ0) is 46.8. The van der Waals surface area contributed by atoms with Crippen molar-refractivity contribution in [3.05, 3.63) is 131 Å². The van der Waals surface area contributed by atoms with Gasteiger partial charge in [0, 0.05) is 79.9 Å². The highest BCUT2D eigenvalue weighted by Gasteiger charge is 2.68. The summed E-state index contributed by atoms with van der Waals surface area (Å²) in [4.78, 5) is 14.2. The van der Waals surface area contributed by atoms with E-state index in [-0.39, 0.29) is 48.1 Å². The summed E-state index contributed by atoms with van der Waals surface area (Å²) in [5.74, 6) is 3.26. The van der Waals surface area contributed by atoms with Gasteiger partial charge in [0.15, 0.2) is 0 Å². The number of ether oxygens (including phenoxy) is 2. The molecule has 0 radical (unpaired) electrons. The number of nitrogens with zero attached hydrogens (tertiary/aromatic N) is 4. The lowest BCUT2D eigenvalue weighted by molar-refractivity contribution is -0.144. The van der Waals surface area contributed by atoms with Crippen LogP contribution in [-0.2, 0) is 9.47 Å². The van der Waals surface area contributed by atoms with Gasteiger partial charge in [-0.3, -0.25) is 19.8 Å². The second kappa shape index (κ2) is 16.8. The molecular formula is C65H83N5O2. The summed E-state index contributed by atoms with van der Waals surface area (Å²) >= 11 is 0. The highest BCUT2D eigenvalue weighted by molar-refractivity contribution is 5.83. The van der Waals surface area contributed by atoms with E-state index >= 15 is 0 Å². The number of fused-ring (bicyclic) bond motifs is 4. The van der Waals surface area contributed by atoms with Gasteiger partial charge in [-0.2, -0.15) is 0 Å². The second-order valence-electron chi connectivity index (χ2n) is 25.9.